The predicted octanol–water partition coefficient (Wildman–Crippen LogP) is 3.69. The van der Waals surface area contributed by atoms with Gasteiger partial charge >= 0.3 is 21.7 Å². The molecular weight excluding hydrogens is 192 g/mol. The van der Waals surface area contributed by atoms with E-state index in [1.807, 2.05) is 0 Å². The zero-order valence-corrected chi connectivity index (χ0v) is 9.44. The van der Waals surface area contributed by atoms with Crippen molar-refractivity contribution < 1.29 is 26.0 Å². The summed E-state index contributed by atoms with van der Waals surface area (Å²) in [4.78, 5) is 0. The third kappa shape index (κ3) is 2.27. The average molecular weight is 208 g/mol. The molecule has 2 aliphatic carbocycles. The van der Waals surface area contributed by atoms with Gasteiger partial charge < -0.3 is 4.28 Å². The van der Waals surface area contributed by atoms with Crippen molar-refractivity contribution in [1.82, 2.24) is 0 Å². The fraction of sp³-hybridized carbons (Fsp3) is 0.250. The van der Waals surface area contributed by atoms with E-state index >= 15 is 0 Å². The van der Waals surface area contributed by atoms with Crippen LogP contribution in [-0.2, 0) is 21.7 Å². The van der Waals surface area contributed by atoms with E-state index in [-0.39, 0.29) is 26.0 Å². The zero-order valence-electron chi connectivity index (χ0n) is 10.9. The van der Waals surface area contributed by atoms with Crippen LogP contribution in [0.25, 0.3) is 0 Å². The first-order valence-electron chi connectivity index (χ1n) is 4.43. The van der Waals surface area contributed by atoms with Gasteiger partial charge in [-0.1, -0.05) is 19.1 Å². The fourth-order valence-corrected chi connectivity index (χ4v) is 1.66. The van der Waals surface area contributed by atoms with E-state index in [1.165, 1.54) is 17.1 Å². The van der Waals surface area contributed by atoms with Gasteiger partial charge in [-0.15, -0.1) is 23.3 Å². The van der Waals surface area contributed by atoms with Crippen molar-refractivity contribution in [3.63, 3.8) is 0 Å². The van der Waals surface area contributed by atoms with Gasteiger partial charge in [0, 0.05) is 0 Å². The maximum absolute atomic E-state index is 2.22. The van der Waals surface area contributed by atoms with Gasteiger partial charge in [0.2, 0.25) is 0 Å². The molecule has 0 spiro atoms. The molecule has 0 fully saturated rings. The largest absolute Gasteiger partial charge is 4.00 e. The van der Waals surface area contributed by atoms with E-state index in [0.717, 1.165) is 12.8 Å². The Balaban J connectivity index is -0.000000422. The number of hydrogen-bond acceptors (Lipinski definition) is 0. The summed E-state index contributed by atoms with van der Waals surface area (Å²) in [6, 6.07) is 0. The van der Waals surface area contributed by atoms with Gasteiger partial charge in [0.25, 0.3) is 0 Å². The van der Waals surface area contributed by atoms with Crippen LogP contribution in [0.5, 0.6) is 0 Å². The SMILES string of the molecule is C[C-](C1=CC=CC1)C1=CC=CC1.[H-].[H-].[H-].[Ti+4]. The smallest absolute Gasteiger partial charge is 1.00 e. The minimum Gasteiger partial charge on any atom is -1.00 e. The minimum atomic E-state index is 0. The summed E-state index contributed by atoms with van der Waals surface area (Å²) in [5.41, 5.74) is 2.95. The summed E-state index contributed by atoms with van der Waals surface area (Å²) in [7, 11) is 0. The van der Waals surface area contributed by atoms with Crippen LogP contribution in [0.4, 0.5) is 0 Å². The topological polar surface area (TPSA) is 0 Å². The zero-order chi connectivity index (χ0) is 8.39. The maximum Gasteiger partial charge on any atom is 4.00 e. The molecule has 0 radical (unpaired) electrons. The number of allylic oxidation sites excluding steroid dienone is 8. The first-order chi connectivity index (χ1) is 5.88. The molecule has 0 atom stereocenters. The molecule has 0 aromatic rings. The molecule has 0 aromatic carbocycles. The molecule has 0 nitrogen and oxygen atoms in total. The molecule has 1 heteroatoms. The van der Waals surface area contributed by atoms with E-state index in [4.69, 9.17) is 0 Å². The Morgan fingerprint density at radius 3 is 1.85 bits per heavy atom. The van der Waals surface area contributed by atoms with Crippen LogP contribution in [0.1, 0.15) is 24.0 Å². The van der Waals surface area contributed by atoms with E-state index in [9.17, 15) is 0 Å². The van der Waals surface area contributed by atoms with Crippen molar-refractivity contribution in [3.8, 4) is 0 Å². The molecule has 0 bridgehead atoms. The summed E-state index contributed by atoms with van der Waals surface area (Å²) in [5, 5.41) is 0. The second kappa shape index (κ2) is 4.69. The van der Waals surface area contributed by atoms with Crippen molar-refractivity contribution in [2.24, 2.45) is 0 Å². The summed E-state index contributed by atoms with van der Waals surface area (Å²) in [6.45, 7) is 2.22. The van der Waals surface area contributed by atoms with Gasteiger partial charge in [0.05, 0.1) is 0 Å². The van der Waals surface area contributed by atoms with E-state index in [2.05, 4.69) is 43.4 Å². The molecule has 0 saturated heterocycles. The minimum absolute atomic E-state index is 0. The van der Waals surface area contributed by atoms with Crippen LogP contribution in [0.15, 0.2) is 47.6 Å². The first-order valence-corrected chi connectivity index (χ1v) is 4.43. The Kier molecular flexibility index (Phi) is 3.83. The van der Waals surface area contributed by atoms with Crippen molar-refractivity contribution >= 4 is 0 Å². The quantitative estimate of drug-likeness (QED) is 0.479. The van der Waals surface area contributed by atoms with Gasteiger partial charge in [-0.2, -0.15) is 18.1 Å². The van der Waals surface area contributed by atoms with Gasteiger partial charge in [0.15, 0.2) is 0 Å². The molecular formula is C12H16Ti. The average Bonchev–Trinajstić information content (AvgIpc) is 2.77. The Bertz CT molecular complexity index is 273. The van der Waals surface area contributed by atoms with E-state index in [0.29, 0.717) is 0 Å². The summed E-state index contributed by atoms with van der Waals surface area (Å²) < 4.78 is 0. The maximum atomic E-state index is 2.22. The van der Waals surface area contributed by atoms with E-state index in [1.54, 1.807) is 0 Å². The monoisotopic (exact) mass is 208 g/mol. The molecule has 0 N–H and O–H groups in total. The van der Waals surface area contributed by atoms with Crippen molar-refractivity contribution in [2.45, 2.75) is 19.8 Å². The number of rotatable bonds is 2. The second-order valence-electron chi connectivity index (χ2n) is 3.27. The molecule has 0 aliphatic heterocycles. The van der Waals surface area contributed by atoms with Crippen LogP contribution in [-0.4, -0.2) is 0 Å². The Labute approximate surface area is 99.4 Å². The second-order valence-corrected chi connectivity index (χ2v) is 3.27. The van der Waals surface area contributed by atoms with Gasteiger partial charge in [-0.05, 0) is 12.8 Å². The fourth-order valence-electron chi connectivity index (χ4n) is 1.66. The van der Waals surface area contributed by atoms with E-state index < -0.39 is 0 Å². The van der Waals surface area contributed by atoms with Gasteiger partial charge in [0.1, 0.15) is 0 Å². The molecule has 0 aromatic heterocycles. The molecule has 2 aliphatic rings. The van der Waals surface area contributed by atoms with Crippen LogP contribution in [0.2, 0.25) is 0 Å². The Hall–Kier alpha value is -0.456. The summed E-state index contributed by atoms with van der Waals surface area (Å²) in [6.07, 6.45) is 15.4. The summed E-state index contributed by atoms with van der Waals surface area (Å²) in [5.74, 6) is 1.46. The third-order valence-electron chi connectivity index (χ3n) is 2.51. The predicted molar refractivity (Wildman–Crippen MR) is 55.9 cm³/mol. The summed E-state index contributed by atoms with van der Waals surface area (Å²) >= 11 is 0. The van der Waals surface area contributed by atoms with Crippen LogP contribution in [0, 0.1) is 5.92 Å². The number of hydrogen-bond donors (Lipinski definition) is 0. The van der Waals surface area contributed by atoms with Gasteiger partial charge in [-0.25, -0.2) is 0 Å². The van der Waals surface area contributed by atoms with Crippen LogP contribution in [0.3, 0.4) is 0 Å². The molecule has 0 saturated carbocycles. The van der Waals surface area contributed by atoms with Gasteiger partial charge in [-0.3, -0.25) is 0 Å². The van der Waals surface area contributed by atoms with Crippen molar-refractivity contribution in [2.75, 3.05) is 0 Å². The molecule has 0 heterocycles. The normalized spacial score (nSPS) is 18.2. The molecule has 13 heavy (non-hydrogen) atoms. The molecule has 68 valence electrons. The molecule has 0 unspecified atom stereocenters. The molecule has 2 rings (SSSR count). The first kappa shape index (κ1) is 10.6. The third-order valence-corrected chi connectivity index (χ3v) is 2.51. The van der Waals surface area contributed by atoms with Crippen molar-refractivity contribution in [1.29, 1.82) is 0 Å². The molecule has 0 amide bonds. The standard InChI is InChI=1S/C12H13.Ti.3H/c1-10(11-6-2-3-7-11)12-8-4-5-9-12;;;;/h2-6,8H,7,9H2,1H3;;;;/q-1;+4;3*-1. The Morgan fingerprint density at radius 1 is 1.08 bits per heavy atom. The van der Waals surface area contributed by atoms with Crippen LogP contribution < -0.4 is 0 Å². The van der Waals surface area contributed by atoms with Crippen molar-refractivity contribution in [3.05, 3.63) is 53.5 Å². The Morgan fingerprint density at radius 2 is 1.54 bits per heavy atom. The van der Waals surface area contributed by atoms with Crippen LogP contribution >= 0.6 is 0 Å².